The SMILES string of the molecule is CCc1ccc(CC(=O)N/N=C\c2ccco2)cc1. The van der Waals surface area contributed by atoms with Crippen LogP contribution >= 0.6 is 0 Å². The highest BCUT2D eigenvalue weighted by Gasteiger charge is 2.01. The first-order valence-corrected chi connectivity index (χ1v) is 6.21. The van der Waals surface area contributed by atoms with Crippen molar-refractivity contribution >= 4 is 12.1 Å². The molecule has 1 amide bonds. The van der Waals surface area contributed by atoms with Crippen molar-refractivity contribution in [3.05, 3.63) is 59.5 Å². The number of nitrogens with zero attached hydrogens (tertiary/aromatic N) is 1. The molecular weight excluding hydrogens is 240 g/mol. The zero-order valence-electron chi connectivity index (χ0n) is 10.8. The number of furan rings is 1. The number of aryl methyl sites for hydroxylation is 1. The predicted octanol–water partition coefficient (Wildman–Crippen LogP) is 2.53. The molecule has 0 spiro atoms. The van der Waals surface area contributed by atoms with E-state index in [-0.39, 0.29) is 5.91 Å². The van der Waals surface area contributed by atoms with Crippen LogP contribution in [-0.2, 0) is 17.6 Å². The van der Waals surface area contributed by atoms with Crippen LogP contribution in [0.5, 0.6) is 0 Å². The fraction of sp³-hybridized carbons (Fsp3) is 0.200. The van der Waals surface area contributed by atoms with Gasteiger partial charge in [0.15, 0.2) is 0 Å². The molecule has 0 aliphatic heterocycles. The average molecular weight is 256 g/mol. The van der Waals surface area contributed by atoms with Crippen LogP contribution in [-0.4, -0.2) is 12.1 Å². The van der Waals surface area contributed by atoms with Gasteiger partial charge in [0.2, 0.25) is 5.91 Å². The van der Waals surface area contributed by atoms with Crippen molar-refractivity contribution < 1.29 is 9.21 Å². The summed E-state index contributed by atoms with van der Waals surface area (Å²) in [6.45, 7) is 2.10. The van der Waals surface area contributed by atoms with Crippen LogP contribution in [0.25, 0.3) is 0 Å². The molecule has 4 heteroatoms. The summed E-state index contributed by atoms with van der Waals surface area (Å²) in [7, 11) is 0. The minimum absolute atomic E-state index is 0.146. The molecule has 0 atom stereocenters. The molecule has 4 nitrogen and oxygen atoms in total. The van der Waals surface area contributed by atoms with Crippen molar-refractivity contribution in [2.24, 2.45) is 5.10 Å². The zero-order chi connectivity index (χ0) is 13.5. The normalized spacial score (nSPS) is 10.8. The fourth-order valence-electron chi connectivity index (χ4n) is 1.65. The smallest absolute Gasteiger partial charge is 0.244 e. The van der Waals surface area contributed by atoms with Crippen LogP contribution in [0.1, 0.15) is 23.8 Å². The molecule has 2 aromatic rings. The third-order valence-electron chi connectivity index (χ3n) is 2.72. The van der Waals surface area contributed by atoms with Crippen LogP contribution in [0.4, 0.5) is 0 Å². The van der Waals surface area contributed by atoms with Crippen LogP contribution in [0.3, 0.4) is 0 Å². The summed E-state index contributed by atoms with van der Waals surface area (Å²) in [6, 6.07) is 11.5. The van der Waals surface area contributed by atoms with E-state index in [1.54, 1.807) is 18.4 Å². The Morgan fingerprint density at radius 3 is 2.63 bits per heavy atom. The van der Waals surface area contributed by atoms with Crippen LogP contribution < -0.4 is 5.43 Å². The van der Waals surface area contributed by atoms with E-state index in [0.29, 0.717) is 12.2 Å². The van der Waals surface area contributed by atoms with E-state index in [1.807, 2.05) is 24.3 Å². The summed E-state index contributed by atoms with van der Waals surface area (Å²) < 4.78 is 5.06. The molecule has 0 aliphatic carbocycles. The molecule has 1 N–H and O–H groups in total. The topological polar surface area (TPSA) is 54.6 Å². The minimum Gasteiger partial charge on any atom is -0.463 e. The first-order chi connectivity index (χ1) is 9.28. The molecule has 0 fully saturated rings. The highest BCUT2D eigenvalue weighted by atomic mass is 16.3. The molecule has 0 unspecified atom stereocenters. The van der Waals surface area contributed by atoms with Gasteiger partial charge in [0.25, 0.3) is 0 Å². The standard InChI is InChI=1S/C15H16N2O2/c1-2-12-5-7-13(8-6-12)10-15(18)17-16-11-14-4-3-9-19-14/h3-9,11H,2,10H2,1H3,(H,17,18)/b16-11-. The lowest BCUT2D eigenvalue weighted by atomic mass is 10.1. The second-order valence-corrected chi connectivity index (χ2v) is 4.16. The maximum Gasteiger partial charge on any atom is 0.244 e. The van der Waals surface area contributed by atoms with E-state index in [9.17, 15) is 4.79 Å². The molecule has 1 aromatic carbocycles. The Balaban J connectivity index is 1.83. The lowest BCUT2D eigenvalue weighted by Gasteiger charge is -2.01. The molecular formula is C15H16N2O2. The molecule has 0 bridgehead atoms. The lowest BCUT2D eigenvalue weighted by Crippen LogP contribution is -2.19. The lowest BCUT2D eigenvalue weighted by molar-refractivity contribution is -0.120. The molecule has 0 radical (unpaired) electrons. The second-order valence-electron chi connectivity index (χ2n) is 4.16. The number of rotatable bonds is 5. The third-order valence-corrected chi connectivity index (χ3v) is 2.72. The van der Waals surface area contributed by atoms with Crippen molar-refractivity contribution in [2.45, 2.75) is 19.8 Å². The van der Waals surface area contributed by atoms with Crippen molar-refractivity contribution in [1.82, 2.24) is 5.43 Å². The first kappa shape index (κ1) is 13.1. The highest BCUT2D eigenvalue weighted by molar-refractivity contribution is 5.81. The molecule has 2 rings (SSSR count). The number of carbonyl (C=O) groups is 1. The molecule has 0 aliphatic rings. The molecule has 98 valence electrons. The Kier molecular flexibility index (Phi) is 4.50. The fourth-order valence-corrected chi connectivity index (χ4v) is 1.65. The maximum atomic E-state index is 11.6. The van der Waals surface area contributed by atoms with E-state index >= 15 is 0 Å². The first-order valence-electron chi connectivity index (χ1n) is 6.21. The van der Waals surface area contributed by atoms with Crippen molar-refractivity contribution in [1.29, 1.82) is 0 Å². The highest BCUT2D eigenvalue weighted by Crippen LogP contribution is 2.05. The minimum atomic E-state index is -0.146. The Bertz CT molecular complexity index is 542. The van der Waals surface area contributed by atoms with E-state index in [1.165, 1.54) is 11.8 Å². The van der Waals surface area contributed by atoms with Gasteiger partial charge in [0.1, 0.15) is 5.76 Å². The molecule has 1 heterocycles. The summed E-state index contributed by atoms with van der Waals surface area (Å²) in [4.78, 5) is 11.6. The maximum absolute atomic E-state index is 11.6. The Hall–Kier alpha value is -2.36. The van der Waals surface area contributed by atoms with Crippen molar-refractivity contribution in [3.8, 4) is 0 Å². The van der Waals surface area contributed by atoms with E-state index in [0.717, 1.165) is 12.0 Å². The second kappa shape index (κ2) is 6.54. The number of hydrogen-bond acceptors (Lipinski definition) is 3. The van der Waals surface area contributed by atoms with Gasteiger partial charge in [-0.3, -0.25) is 4.79 Å². The Morgan fingerprint density at radius 1 is 1.26 bits per heavy atom. The van der Waals surface area contributed by atoms with Crippen LogP contribution in [0.2, 0.25) is 0 Å². The average Bonchev–Trinajstić information content (AvgIpc) is 2.93. The van der Waals surface area contributed by atoms with Gasteiger partial charge < -0.3 is 4.42 Å². The zero-order valence-corrected chi connectivity index (χ0v) is 10.8. The summed E-state index contributed by atoms with van der Waals surface area (Å²) in [5, 5.41) is 3.83. The van der Waals surface area contributed by atoms with Gasteiger partial charge in [0.05, 0.1) is 18.9 Å². The number of carbonyl (C=O) groups excluding carboxylic acids is 1. The third kappa shape index (κ3) is 4.10. The Labute approximate surface area is 112 Å². The van der Waals surface area contributed by atoms with E-state index in [4.69, 9.17) is 4.42 Å². The monoisotopic (exact) mass is 256 g/mol. The number of amides is 1. The summed E-state index contributed by atoms with van der Waals surface area (Å²) in [6.07, 6.45) is 4.34. The van der Waals surface area contributed by atoms with Gasteiger partial charge >= 0.3 is 0 Å². The molecule has 0 saturated carbocycles. The number of hydrazone groups is 1. The summed E-state index contributed by atoms with van der Waals surface area (Å²) in [5.74, 6) is 0.458. The van der Waals surface area contributed by atoms with Gasteiger partial charge in [-0.25, -0.2) is 5.43 Å². The van der Waals surface area contributed by atoms with E-state index < -0.39 is 0 Å². The van der Waals surface area contributed by atoms with Gasteiger partial charge in [-0.15, -0.1) is 0 Å². The van der Waals surface area contributed by atoms with Gasteiger partial charge in [0, 0.05) is 0 Å². The summed E-state index contributed by atoms with van der Waals surface area (Å²) in [5.41, 5.74) is 4.71. The number of nitrogens with one attached hydrogen (secondary N) is 1. The molecule has 1 aromatic heterocycles. The summed E-state index contributed by atoms with van der Waals surface area (Å²) >= 11 is 0. The quantitative estimate of drug-likeness (QED) is 0.660. The van der Waals surface area contributed by atoms with Gasteiger partial charge in [-0.1, -0.05) is 31.2 Å². The van der Waals surface area contributed by atoms with Crippen LogP contribution in [0, 0.1) is 0 Å². The molecule has 19 heavy (non-hydrogen) atoms. The Morgan fingerprint density at radius 2 is 2.00 bits per heavy atom. The van der Waals surface area contributed by atoms with Gasteiger partial charge in [-0.2, -0.15) is 5.10 Å². The van der Waals surface area contributed by atoms with Crippen LogP contribution in [0.15, 0.2) is 52.2 Å². The largest absolute Gasteiger partial charge is 0.463 e. The predicted molar refractivity (Wildman–Crippen MR) is 74.0 cm³/mol. The number of hydrogen-bond donors (Lipinski definition) is 1. The molecule has 0 saturated heterocycles. The number of benzene rings is 1. The van der Waals surface area contributed by atoms with E-state index in [2.05, 4.69) is 17.5 Å². The van der Waals surface area contributed by atoms with Gasteiger partial charge in [-0.05, 0) is 29.7 Å². The van der Waals surface area contributed by atoms with Crippen molar-refractivity contribution in [2.75, 3.05) is 0 Å². The van der Waals surface area contributed by atoms with Crippen molar-refractivity contribution in [3.63, 3.8) is 0 Å².